The Bertz CT molecular complexity index is 699. The van der Waals surface area contributed by atoms with Crippen LogP contribution in [0.1, 0.15) is 24.8 Å². The van der Waals surface area contributed by atoms with Crippen LogP contribution >= 0.6 is 0 Å². The van der Waals surface area contributed by atoms with Gasteiger partial charge in [-0.15, -0.1) is 0 Å². The van der Waals surface area contributed by atoms with Crippen LogP contribution < -0.4 is 0 Å². The van der Waals surface area contributed by atoms with Gasteiger partial charge >= 0.3 is 0 Å². The van der Waals surface area contributed by atoms with Gasteiger partial charge in [0.05, 0.1) is 56.8 Å². The Morgan fingerprint density at radius 1 is 1.07 bits per heavy atom. The van der Waals surface area contributed by atoms with Crippen LogP contribution in [0.25, 0.3) is 0 Å². The van der Waals surface area contributed by atoms with E-state index >= 15 is 0 Å². The van der Waals surface area contributed by atoms with Crippen molar-refractivity contribution in [3.63, 3.8) is 0 Å². The van der Waals surface area contributed by atoms with Gasteiger partial charge in [0.25, 0.3) is 10.1 Å². The van der Waals surface area contributed by atoms with Gasteiger partial charge in [-0.2, -0.15) is 8.42 Å². The Balaban J connectivity index is 1.71. The molecule has 134 valence electrons. The van der Waals surface area contributed by atoms with Crippen molar-refractivity contribution in [1.82, 2.24) is 0 Å². The highest BCUT2D eigenvalue weighted by Crippen LogP contribution is 2.43. The van der Waals surface area contributed by atoms with E-state index in [9.17, 15) is 8.42 Å². The van der Waals surface area contributed by atoms with Crippen molar-refractivity contribution in [2.75, 3.05) is 6.61 Å². The SMILES string of the molecule is BB(B)B(B)B(B(B)B)B1CC1CCCCOS(=O)(=O)c1ccc(C)cc1. The van der Waals surface area contributed by atoms with Crippen LogP contribution in [0.15, 0.2) is 29.2 Å². The van der Waals surface area contributed by atoms with Gasteiger partial charge in [0, 0.05) is 25.5 Å². The molecular formula is C13H28B10O3S. The van der Waals surface area contributed by atoms with E-state index in [1.54, 1.807) is 24.3 Å². The first-order valence-corrected chi connectivity index (χ1v) is 12.0. The molecule has 0 saturated carbocycles. The number of rotatable bonds is 11. The van der Waals surface area contributed by atoms with Crippen molar-refractivity contribution in [2.45, 2.75) is 43.2 Å². The lowest BCUT2D eigenvalue weighted by Gasteiger charge is -2.24. The number of benzene rings is 1. The molecule has 0 spiro atoms. The molecule has 1 atom stereocenters. The number of hydrogen-bond donors (Lipinski definition) is 0. The van der Waals surface area contributed by atoms with Crippen molar-refractivity contribution in [3.8, 4) is 0 Å². The Hall–Kier alpha value is -0.221. The third-order valence-electron chi connectivity index (χ3n) is 6.42. The number of aryl methyl sites for hydroxylation is 1. The number of hydrogen-bond acceptors (Lipinski definition) is 3. The van der Waals surface area contributed by atoms with Gasteiger partial charge in [0.2, 0.25) is 0 Å². The third kappa shape index (κ3) is 6.66. The summed E-state index contributed by atoms with van der Waals surface area (Å²) in [5, 5.41) is 0. The fourth-order valence-electron chi connectivity index (χ4n) is 4.46. The highest BCUT2D eigenvalue weighted by Gasteiger charge is 2.49. The predicted molar refractivity (Wildman–Crippen MR) is 138 cm³/mol. The molecule has 1 saturated heterocycles. The second-order valence-electron chi connectivity index (χ2n) is 9.17. The second-order valence-corrected chi connectivity index (χ2v) is 10.8. The molecule has 0 aliphatic carbocycles. The molecule has 1 heterocycles. The van der Waals surface area contributed by atoms with Crippen LogP contribution in [0, 0.1) is 6.92 Å². The van der Waals surface area contributed by atoms with Gasteiger partial charge in [-0.1, -0.05) is 42.7 Å². The minimum Gasteiger partial charge on any atom is -0.266 e. The fraction of sp³-hybridized carbons (Fsp3) is 0.538. The second kappa shape index (κ2) is 10.0. The summed E-state index contributed by atoms with van der Waals surface area (Å²) in [6.07, 6.45) is 7.46. The molecular weight excluding hydrogens is 344 g/mol. The van der Waals surface area contributed by atoms with Crippen LogP contribution in [0.5, 0.6) is 0 Å². The monoisotopic (exact) mass is 374 g/mol. The summed E-state index contributed by atoms with van der Waals surface area (Å²) in [5.41, 5.74) is 1.04. The molecule has 1 aliphatic heterocycles. The summed E-state index contributed by atoms with van der Waals surface area (Å²) >= 11 is 0. The van der Waals surface area contributed by atoms with Crippen molar-refractivity contribution >= 4 is 80.9 Å². The molecule has 1 unspecified atom stereocenters. The average Bonchev–Trinajstić information content (AvgIpc) is 3.33. The quantitative estimate of drug-likeness (QED) is 0.232. The average molecular weight is 373 g/mol. The van der Waals surface area contributed by atoms with E-state index in [-0.39, 0.29) is 11.5 Å². The molecule has 2 rings (SSSR count). The van der Waals surface area contributed by atoms with E-state index in [2.05, 4.69) is 38.7 Å². The lowest BCUT2D eigenvalue weighted by Crippen LogP contribution is -2.63. The van der Waals surface area contributed by atoms with Crippen molar-refractivity contribution in [3.05, 3.63) is 29.8 Å². The molecule has 0 N–H and O–H groups in total. The molecule has 1 fully saturated rings. The molecule has 1 aromatic rings. The summed E-state index contributed by atoms with van der Waals surface area (Å²) in [5.74, 6) is 0.826. The van der Waals surface area contributed by atoms with Crippen LogP contribution in [0.2, 0.25) is 12.1 Å². The summed E-state index contributed by atoms with van der Waals surface area (Å²) in [6, 6.07) is 6.82. The predicted octanol–water partition coefficient (Wildman–Crippen LogP) is -3.31. The zero-order chi connectivity index (χ0) is 20.2. The normalized spacial score (nSPS) is 16.0. The molecule has 14 heteroatoms. The van der Waals surface area contributed by atoms with E-state index in [0.717, 1.165) is 56.4 Å². The maximum absolute atomic E-state index is 12.2. The van der Waals surface area contributed by atoms with Crippen LogP contribution in [-0.4, -0.2) is 85.9 Å². The molecule has 1 aromatic carbocycles. The standard InChI is InChI=1S/C13H28B10O3S/c1-11-5-7-13(8-6-11)27(24,25)26-9-3-2-4-12-10-19(12)23(21(16)17)22(18)20(14)15/h5-8,12H,2-4,9-10,14-18H2,1H3. The topological polar surface area (TPSA) is 43.4 Å². The van der Waals surface area contributed by atoms with Gasteiger partial charge < -0.3 is 0 Å². The van der Waals surface area contributed by atoms with Crippen LogP contribution in [0.4, 0.5) is 0 Å². The van der Waals surface area contributed by atoms with Gasteiger partial charge in [-0.25, -0.2) is 0 Å². The van der Waals surface area contributed by atoms with E-state index in [1.807, 2.05) is 6.92 Å². The van der Waals surface area contributed by atoms with Gasteiger partial charge in [0.1, 0.15) is 0 Å². The Kier molecular flexibility index (Phi) is 8.54. The molecule has 27 heavy (non-hydrogen) atoms. The fourth-order valence-corrected chi connectivity index (χ4v) is 5.40. The van der Waals surface area contributed by atoms with Gasteiger partial charge in [-0.3, -0.25) is 4.18 Å². The van der Waals surface area contributed by atoms with Crippen molar-refractivity contribution in [2.24, 2.45) is 0 Å². The van der Waals surface area contributed by atoms with E-state index in [1.165, 1.54) is 12.7 Å². The Labute approximate surface area is 173 Å². The number of unbranched alkanes of at least 4 members (excludes halogenated alkanes) is 1. The molecule has 0 amide bonds. The van der Waals surface area contributed by atoms with E-state index in [4.69, 9.17) is 4.18 Å². The van der Waals surface area contributed by atoms with Crippen molar-refractivity contribution in [1.29, 1.82) is 0 Å². The lowest BCUT2D eigenvalue weighted by molar-refractivity contribution is 0.307. The van der Waals surface area contributed by atoms with E-state index in [0.29, 0.717) is 0 Å². The largest absolute Gasteiger partial charge is 0.296 e. The molecule has 0 aromatic heterocycles. The highest BCUT2D eigenvalue weighted by molar-refractivity contribution is 8.01. The Morgan fingerprint density at radius 3 is 2.26 bits per heavy atom. The summed E-state index contributed by atoms with van der Waals surface area (Å²) in [4.78, 5) is 0.248. The molecule has 1 aliphatic rings. The first-order chi connectivity index (χ1) is 12.6. The minimum atomic E-state index is -3.62. The maximum atomic E-state index is 12.2. The molecule has 0 radical (unpaired) electrons. The zero-order valence-electron chi connectivity index (χ0n) is 17.9. The molecule has 0 bridgehead atoms. The van der Waals surface area contributed by atoms with Crippen LogP contribution in [0.3, 0.4) is 0 Å². The van der Waals surface area contributed by atoms with Crippen LogP contribution in [-0.2, 0) is 14.3 Å². The van der Waals surface area contributed by atoms with E-state index < -0.39 is 10.1 Å². The smallest absolute Gasteiger partial charge is 0.266 e. The van der Waals surface area contributed by atoms with Gasteiger partial charge in [-0.05, 0) is 25.5 Å². The summed E-state index contributed by atoms with van der Waals surface area (Å²) in [6.45, 7) is 3.08. The maximum Gasteiger partial charge on any atom is 0.296 e. The Morgan fingerprint density at radius 2 is 1.70 bits per heavy atom. The van der Waals surface area contributed by atoms with Crippen molar-refractivity contribution < 1.29 is 12.6 Å². The minimum absolute atomic E-state index is 0.248. The molecule has 3 nitrogen and oxygen atoms in total. The highest BCUT2D eigenvalue weighted by atomic mass is 32.2. The summed E-state index contributed by atoms with van der Waals surface area (Å²) in [7, 11) is 8.19. The lowest BCUT2D eigenvalue weighted by atomic mass is 8.57. The third-order valence-corrected chi connectivity index (χ3v) is 7.74. The first-order valence-electron chi connectivity index (χ1n) is 10.6. The van der Waals surface area contributed by atoms with Gasteiger partial charge in [0.15, 0.2) is 0 Å². The first kappa shape index (κ1) is 23.1. The summed E-state index contributed by atoms with van der Waals surface area (Å²) < 4.78 is 29.6. The zero-order valence-corrected chi connectivity index (χ0v) is 18.8.